The van der Waals surface area contributed by atoms with E-state index in [4.69, 9.17) is 4.74 Å². The minimum absolute atomic E-state index is 0.0804. The maximum absolute atomic E-state index is 5.74. The molecule has 1 atom stereocenters. The Morgan fingerprint density at radius 3 is 3.00 bits per heavy atom. The highest BCUT2D eigenvalue weighted by molar-refractivity contribution is 4.97. The van der Waals surface area contributed by atoms with Gasteiger partial charge in [0, 0.05) is 19.1 Å². The van der Waals surface area contributed by atoms with Gasteiger partial charge in [-0.3, -0.25) is 0 Å². The molecule has 1 saturated carbocycles. The number of hydrogen-bond acceptors (Lipinski definition) is 4. The zero-order valence-electron chi connectivity index (χ0n) is 9.43. The van der Waals surface area contributed by atoms with Crippen molar-refractivity contribution in [3.63, 3.8) is 0 Å². The molecule has 1 aliphatic heterocycles. The van der Waals surface area contributed by atoms with Gasteiger partial charge < -0.3 is 14.6 Å². The topological polar surface area (TPSA) is 52.0 Å². The summed E-state index contributed by atoms with van der Waals surface area (Å²) in [6.45, 7) is 2.56. The van der Waals surface area contributed by atoms with Crippen LogP contribution in [0.5, 0.6) is 0 Å². The average molecular weight is 222 g/mol. The van der Waals surface area contributed by atoms with Gasteiger partial charge in [-0.2, -0.15) is 0 Å². The normalized spacial score (nSPS) is 27.4. The second-order valence-corrected chi connectivity index (χ2v) is 4.60. The first-order chi connectivity index (χ1) is 7.95. The molecular weight excluding hydrogens is 204 g/mol. The molecule has 1 aromatic rings. The lowest BCUT2D eigenvalue weighted by Crippen LogP contribution is -2.35. The van der Waals surface area contributed by atoms with Crippen LogP contribution in [0.2, 0.25) is 0 Å². The van der Waals surface area contributed by atoms with Gasteiger partial charge in [0.05, 0.1) is 6.61 Å². The number of aromatic nitrogens is 3. The van der Waals surface area contributed by atoms with Crippen molar-refractivity contribution in [3.05, 3.63) is 12.2 Å². The molecular formula is C11H18N4O. The van der Waals surface area contributed by atoms with E-state index in [-0.39, 0.29) is 6.10 Å². The van der Waals surface area contributed by atoms with Gasteiger partial charge in [-0.25, -0.2) is 0 Å². The molecule has 5 heteroatoms. The molecule has 1 aliphatic carbocycles. The molecule has 16 heavy (non-hydrogen) atoms. The fraction of sp³-hybridized carbons (Fsp3) is 0.818. The van der Waals surface area contributed by atoms with Gasteiger partial charge in [0.1, 0.15) is 12.4 Å². The van der Waals surface area contributed by atoms with Gasteiger partial charge in [-0.05, 0) is 12.8 Å². The second-order valence-electron chi connectivity index (χ2n) is 4.60. The van der Waals surface area contributed by atoms with Crippen LogP contribution in [0.3, 0.4) is 0 Å². The van der Waals surface area contributed by atoms with Crippen molar-refractivity contribution in [2.75, 3.05) is 19.7 Å². The van der Waals surface area contributed by atoms with Crippen molar-refractivity contribution in [1.29, 1.82) is 0 Å². The van der Waals surface area contributed by atoms with Crippen molar-refractivity contribution in [3.8, 4) is 0 Å². The summed E-state index contributed by atoms with van der Waals surface area (Å²) >= 11 is 0. The van der Waals surface area contributed by atoms with Crippen molar-refractivity contribution in [1.82, 2.24) is 20.1 Å². The van der Waals surface area contributed by atoms with E-state index >= 15 is 0 Å². The molecule has 1 aromatic heterocycles. The summed E-state index contributed by atoms with van der Waals surface area (Å²) in [5.74, 6) is 0.999. The Bertz CT molecular complexity index is 340. The molecule has 0 aromatic carbocycles. The second kappa shape index (κ2) is 4.51. The lowest BCUT2D eigenvalue weighted by Gasteiger charge is -2.24. The third-order valence-corrected chi connectivity index (χ3v) is 3.53. The van der Waals surface area contributed by atoms with E-state index in [0.29, 0.717) is 6.04 Å². The van der Waals surface area contributed by atoms with Crippen molar-refractivity contribution < 1.29 is 4.74 Å². The van der Waals surface area contributed by atoms with Crippen molar-refractivity contribution >= 4 is 0 Å². The van der Waals surface area contributed by atoms with Crippen LogP contribution in [-0.2, 0) is 4.74 Å². The van der Waals surface area contributed by atoms with Gasteiger partial charge >= 0.3 is 0 Å². The summed E-state index contributed by atoms with van der Waals surface area (Å²) in [6, 6.07) is 0.593. The zero-order valence-corrected chi connectivity index (χ0v) is 9.43. The van der Waals surface area contributed by atoms with Crippen LogP contribution in [0.25, 0.3) is 0 Å². The quantitative estimate of drug-likeness (QED) is 0.812. The molecule has 0 spiro atoms. The highest BCUT2D eigenvalue weighted by atomic mass is 16.5. The highest BCUT2D eigenvalue weighted by Crippen LogP contribution is 2.31. The van der Waals surface area contributed by atoms with Crippen LogP contribution in [-0.4, -0.2) is 34.5 Å². The zero-order chi connectivity index (χ0) is 10.8. The predicted molar refractivity (Wildman–Crippen MR) is 59.1 cm³/mol. The lowest BCUT2D eigenvalue weighted by molar-refractivity contribution is 0.0189. The van der Waals surface area contributed by atoms with E-state index in [0.717, 1.165) is 25.5 Å². The Balaban J connectivity index is 1.80. The largest absolute Gasteiger partial charge is 0.368 e. The van der Waals surface area contributed by atoms with Crippen LogP contribution < -0.4 is 5.32 Å². The van der Waals surface area contributed by atoms with Crippen LogP contribution >= 0.6 is 0 Å². The Labute approximate surface area is 95.2 Å². The summed E-state index contributed by atoms with van der Waals surface area (Å²) in [5, 5.41) is 11.6. The standard InChI is InChI=1S/C11H18N4O/c1-2-4-9(3-1)15-8-13-14-11(15)10-7-12-5-6-16-10/h8-10,12H,1-7H2. The number of hydrogen-bond donors (Lipinski definition) is 1. The number of ether oxygens (including phenoxy) is 1. The average Bonchev–Trinajstić information content (AvgIpc) is 3.01. The molecule has 0 bridgehead atoms. The predicted octanol–water partition coefficient (Wildman–Crippen LogP) is 1.05. The monoisotopic (exact) mass is 222 g/mol. The summed E-state index contributed by atoms with van der Waals surface area (Å²) in [6.07, 6.45) is 7.11. The molecule has 0 radical (unpaired) electrons. The molecule has 2 aliphatic rings. The van der Waals surface area contributed by atoms with E-state index in [1.807, 2.05) is 6.33 Å². The molecule has 1 unspecified atom stereocenters. The van der Waals surface area contributed by atoms with Gasteiger partial charge in [0.15, 0.2) is 5.82 Å². The van der Waals surface area contributed by atoms with E-state index in [2.05, 4.69) is 20.1 Å². The lowest BCUT2D eigenvalue weighted by atomic mass is 10.2. The van der Waals surface area contributed by atoms with Crippen molar-refractivity contribution in [2.24, 2.45) is 0 Å². The molecule has 88 valence electrons. The van der Waals surface area contributed by atoms with Crippen LogP contribution in [0.1, 0.15) is 43.7 Å². The van der Waals surface area contributed by atoms with E-state index in [1.165, 1.54) is 25.7 Å². The fourth-order valence-corrected chi connectivity index (χ4v) is 2.68. The van der Waals surface area contributed by atoms with Crippen LogP contribution in [0, 0.1) is 0 Å². The molecule has 2 fully saturated rings. The number of rotatable bonds is 2. The number of morpholine rings is 1. The Morgan fingerprint density at radius 2 is 2.25 bits per heavy atom. The number of nitrogens with one attached hydrogen (secondary N) is 1. The smallest absolute Gasteiger partial charge is 0.163 e. The van der Waals surface area contributed by atoms with E-state index in [1.54, 1.807) is 0 Å². The Kier molecular flexibility index (Phi) is 2.88. The SMILES string of the molecule is c1nnc(C2CNCCO2)n1C1CCCC1. The molecule has 5 nitrogen and oxygen atoms in total. The minimum Gasteiger partial charge on any atom is -0.368 e. The third-order valence-electron chi connectivity index (χ3n) is 3.53. The first kappa shape index (κ1) is 10.2. The number of nitrogens with zero attached hydrogens (tertiary/aromatic N) is 3. The highest BCUT2D eigenvalue weighted by Gasteiger charge is 2.26. The summed E-state index contributed by atoms with van der Waals surface area (Å²) in [7, 11) is 0. The minimum atomic E-state index is 0.0804. The Morgan fingerprint density at radius 1 is 1.38 bits per heavy atom. The third kappa shape index (κ3) is 1.85. The molecule has 0 amide bonds. The summed E-state index contributed by atoms with van der Waals surface area (Å²) < 4.78 is 7.96. The van der Waals surface area contributed by atoms with Gasteiger partial charge in [0.25, 0.3) is 0 Å². The first-order valence-electron chi connectivity index (χ1n) is 6.17. The van der Waals surface area contributed by atoms with Crippen LogP contribution in [0.15, 0.2) is 6.33 Å². The Hall–Kier alpha value is -0.940. The van der Waals surface area contributed by atoms with Crippen LogP contribution in [0.4, 0.5) is 0 Å². The maximum Gasteiger partial charge on any atom is 0.163 e. The fourth-order valence-electron chi connectivity index (χ4n) is 2.68. The van der Waals surface area contributed by atoms with E-state index < -0.39 is 0 Å². The summed E-state index contributed by atoms with van der Waals surface area (Å²) in [4.78, 5) is 0. The van der Waals surface area contributed by atoms with Gasteiger partial charge in [-0.1, -0.05) is 12.8 Å². The van der Waals surface area contributed by atoms with Crippen molar-refractivity contribution in [2.45, 2.75) is 37.8 Å². The molecule has 1 N–H and O–H groups in total. The maximum atomic E-state index is 5.74. The van der Waals surface area contributed by atoms with Gasteiger partial charge in [-0.15, -0.1) is 10.2 Å². The molecule has 3 rings (SSSR count). The van der Waals surface area contributed by atoms with Gasteiger partial charge in [0.2, 0.25) is 0 Å². The molecule has 1 saturated heterocycles. The molecule has 2 heterocycles. The van der Waals surface area contributed by atoms with E-state index in [9.17, 15) is 0 Å². The summed E-state index contributed by atoms with van der Waals surface area (Å²) in [5.41, 5.74) is 0. The first-order valence-corrected chi connectivity index (χ1v) is 6.17.